The van der Waals surface area contributed by atoms with E-state index in [4.69, 9.17) is 0 Å². The van der Waals surface area contributed by atoms with Crippen LogP contribution in [0.2, 0.25) is 0 Å². The van der Waals surface area contributed by atoms with Gasteiger partial charge in [0.25, 0.3) is 11.6 Å². The number of nitrogens with zero attached hydrogens (tertiary/aromatic N) is 2. The van der Waals surface area contributed by atoms with Gasteiger partial charge in [-0.05, 0) is 18.2 Å². The normalized spacial score (nSPS) is 11.0. The molecule has 0 saturated heterocycles. The molecule has 12 heteroatoms. The maximum Gasteiger partial charge on any atom is 0.269 e. The summed E-state index contributed by atoms with van der Waals surface area (Å²) in [5.41, 5.74) is -0.740. The third-order valence-electron chi connectivity index (χ3n) is 3.72. The second-order valence-electron chi connectivity index (χ2n) is 5.53. The summed E-state index contributed by atoms with van der Waals surface area (Å²) in [6, 6.07) is 9.71. The summed E-state index contributed by atoms with van der Waals surface area (Å²) in [4.78, 5) is 37.1. The molecule has 0 aliphatic rings. The van der Waals surface area contributed by atoms with Gasteiger partial charge in [0.2, 0.25) is 9.84 Å². The van der Waals surface area contributed by atoms with Crippen molar-refractivity contribution in [3.8, 4) is 0 Å². The van der Waals surface area contributed by atoms with Crippen molar-refractivity contribution in [1.82, 2.24) is 4.98 Å². The van der Waals surface area contributed by atoms with Gasteiger partial charge in [-0.2, -0.15) is 0 Å². The molecule has 0 saturated carbocycles. The summed E-state index contributed by atoms with van der Waals surface area (Å²) < 4.78 is 25.1. The van der Waals surface area contributed by atoms with E-state index in [1.54, 1.807) is 0 Å². The van der Waals surface area contributed by atoms with Crippen LogP contribution in [0.5, 0.6) is 0 Å². The molecule has 148 valence electrons. The number of aromatic carboxylic acids is 1. The van der Waals surface area contributed by atoms with E-state index in [9.17, 15) is 33.2 Å². The number of non-ortho nitro benzene ring substituents is 1. The van der Waals surface area contributed by atoms with Gasteiger partial charge < -0.3 is 9.90 Å². The number of sulfone groups is 1. The SMILES string of the molecule is O=C([O-])c1ccccc1C(=O)Nc1ncc(S(=O)(=O)c2ccc([N+](=O)[O-])cc2)s1. The number of hydrogen-bond acceptors (Lipinski definition) is 9. The van der Waals surface area contributed by atoms with Gasteiger partial charge in [-0.3, -0.25) is 20.2 Å². The first-order valence-electron chi connectivity index (χ1n) is 7.77. The summed E-state index contributed by atoms with van der Waals surface area (Å²) in [6.45, 7) is 0. The zero-order valence-corrected chi connectivity index (χ0v) is 15.9. The summed E-state index contributed by atoms with van der Waals surface area (Å²) in [7, 11) is -4.00. The van der Waals surface area contributed by atoms with Crippen LogP contribution in [0.4, 0.5) is 10.8 Å². The molecule has 0 aliphatic carbocycles. The number of aromatic nitrogens is 1. The zero-order chi connectivity index (χ0) is 21.2. The first-order chi connectivity index (χ1) is 13.7. The van der Waals surface area contributed by atoms with Gasteiger partial charge in [-0.1, -0.05) is 29.5 Å². The summed E-state index contributed by atoms with van der Waals surface area (Å²) in [5.74, 6) is -2.32. The molecule has 0 bridgehead atoms. The van der Waals surface area contributed by atoms with Gasteiger partial charge in [0.1, 0.15) is 4.21 Å². The van der Waals surface area contributed by atoms with Crippen molar-refractivity contribution in [3.05, 3.63) is 76.0 Å². The van der Waals surface area contributed by atoms with Crippen molar-refractivity contribution in [2.24, 2.45) is 0 Å². The fraction of sp³-hybridized carbons (Fsp3) is 0. The summed E-state index contributed by atoms with van der Waals surface area (Å²) in [5, 5.41) is 24.1. The van der Waals surface area contributed by atoms with E-state index in [1.807, 2.05) is 0 Å². The molecule has 10 nitrogen and oxygen atoms in total. The quantitative estimate of drug-likeness (QED) is 0.453. The molecule has 1 N–H and O–H groups in total. The number of benzene rings is 2. The van der Waals surface area contributed by atoms with E-state index in [0.717, 1.165) is 30.5 Å². The van der Waals surface area contributed by atoms with Gasteiger partial charge in [-0.15, -0.1) is 0 Å². The molecule has 1 amide bonds. The average molecular weight is 432 g/mol. The van der Waals surface area contributed by atoms with E-state index in [2.05, 4.69) is 10.3 Å². The van der Waals surface area contributed by atoms with Gasteiger partial charge in [0.05, 0.1) is 22.0 Å². The molecule has 0 fully saturated rings. The Hall–Kier alpha value is -3.64. The molecule has 0 atom stereocenters. The third-order valence-corrected chi connectivity index (χ3v) is 6.86. The van der Waals surface area contributed by atoms with Crippen molar-refractivity contribution in [1.29, 1.82) is 0 Å². The fourth-order valence-corrected chi connectivity index (χ4v) is 4.76. The Balaban J connectivity index is 1.84. The highest BCUT2D eigenvalue weighted by Crippen LogP contribution is 2.29. The zero-order valence-electron chi connectivity index (χ0n) is 14.3. The van der Waals surface area contributed by atoms with Crippen molar-refractivity contribution >= 4 is 43.9 Å². The highest BCUT2D eigenvalue weighted by molar-refractivity contribution is 7.93. The maximum atomic E-state index is 12.6. The number of nitrogens with one attached hydrogen (secondary N) is 1. The number of carboxylic acids is 1. The van der Waals surface area contributed by atoms with E-state index in [0.29, 0.717) is 11.3 Å². The summed E-state index contributed by atoms with van der Waals surface area (Å²) >= 11 is 0.654. The molecule has 29 heavy (non-hydrogen) atoms. The number of nitro benzene ring substituents is 1. The van der Waals surface area contributed by atoms with Crippen LogP contribution in [0.1, 0.15) is 20.7 Å². The number of thiazole rings is 1. The van der Waals surface area contributed by atoms with Crippen LogP contribution >= 0.6 is 11.3 Å². The first kappa shape index (κ1) is 20.1. The monoisotopic (exact) mass is 432 g/mol. The Labute approximate surface area is 167 Å². The molecular weight excluding hydrogens is 422 g/mol. The smallest absolute Gasteiger partial charge is 0.269 e. The Kier molecular flexibility index (Phi) is 5.39. The van der Waals surface area contributed by atoms with Crippen LogP contribution in [-0.2, 0) is 9.84 Å². The lowest BCUT2D eigenvalue weighted by Crippen LogP contribution is -2.26. The largest absolute Gasteiger partial charge is 0.545 e. The van der Waals surface area contributed by atoms with Gasteiger partial charge >= 0.3 is 0 Å². The molecule has 3 rings (SSSR count). The molecule has 1 heterocycles. The van der Waals surface area contributed by atoms with Crippen LogP contribution in [-0.4, -0.2) is 30.2 Å². The summed E-state index contributed by atoms with van der Waals surface area (Å²) in [6.07, 6.45) is 1.03. The molecule has 3 aromatic rings. The molecule has 0 unspecified atom stereocenters. The number of rotatable bonds is 6. The Morgan fingerprint density at radius 2 is 1.66 bits per heavy atom. The minimum atomic E-state index is -4.00. The Morgan fingerprint density at radius 1 is 1.03 bits per heavy atom. The van der Waals surface area contributed by atoms with Gasteiger partial charge in [0, 0.05) is 23.3 Å². The number of anilines is 1. The highest BCUT2D eigenvalue weighted by atomic mass is 32.2. The Bertz CT molecular complexity index is 1220. The molecule has 0 aliphatic heterocycles. The minimum Gasteiger partial charge on any atom is -0.545 e. The standard InChI is InChI=1S/C17H11N3O7S2/c21-15(12-3-1-2-4-13(12)16(22)23)19-17-18-9-14(28-17)29(26,27)11-7-5-10(6-8-11)20(24)25/h1-9H,(H,22,23)(H,18,19,21)/p-1. The Morgan fingerprint density at radius 3 is 2.24 bits per heavy atom. The van der Waals surface area contributed by atoms with Crippen LogP contribution in [0.15, 0.2) is 63.8 Å². The van der Waals surface area contributed by atoms with Crippen LogP contribution in [0, 0.1) is 10.1 Å². The lowest BCUT2D eigenvalue weighted by molar-refractivity contribution is -0.384. The molecule has 0 radical (unpaired) electrons. The number of carbonyl (C=O) groups is 2. The number of carboxylic acid groups (broad SMARTS) is 1. The third kappa shape index (κ3) is 4.12. The maximum absolute atomic E-state index is 12.6. The predicted octanol–water partition coefficient (Wildman–Crippen LogP) is 1.50. The van der Waals surface area contributed by atoms with Crippen molar-refractivity contribution in [2.45, 2.75) is 9.10 Å². The van der Waals surface area contributed by atoms with E-state index in [-0.39, 0.29) is 31.1 Å². The lowest BCUT2D eigenvalue weighted by atomic mass is 10.1. The topological polar surface area (TPSA) is 159 Å². The second kappa shape index (κ2) is 7.77. The van der Waals surface area contributed by atoms with Crippen molar-refractivity contribution in [3.63, 3.8) is 0 Å². The van der Waals surface area contributed by atoms with Gasteiger partial charge in [-0.25, -0.2) is 13.4 Å². The number of carbonyl (C=O) groups excluding carboxylic acids is 2. The molecular formula is C17H10N3O7S2-. The van der Waals surface area contributed by atoms with E-state index in [1.165, 1.54) is 24.3 Å². The fourth-order valence-electron chi connectivity index (χ4n) is 2.33. The molecule has 0 spiro atoms. The lowest BCUT2D eigenvalue weighted by Gasteiger charge is -2.09. The van der Waals surface area contributed by atoms with E-state index >= 15 is 0 Å². The number of nitro groups is 1. The highest BCUT2D eigenvalue weighted by Gasteiger charge is 2.23. The molecule has 2 aromatic carbocycles. The van der Waals surface area contributed by atoms with Crippen molar-refractivity contribution < 1.29 is 28.0 Å². The predicted molar refractivity (Wildman–Crippen MR) is 99.4 cm³/mol. The number of amides is 1. The second-order valence-corrected chi connectivity index (χ2v) is 8.73. The first-order valence-corrected chi connectivity index (χ1v) is 10.1. The number of hydrogen-bond donors (Lipinski definition) is 1. The minimum absolute atomic E-state index is 0.0661. The molecule has 1 aromatic heterocycles. The van der Waals surface area contributed by atoms with Crippen LogP contribution in [0.3, 0.4) is 0 Å². The van der Waals surface area contributed by atoms with E-state index < -0.39 is 26.6 Å². The van der Waals surface area contributed by atoms with Gasteiger partial charge in [0.15, 0.2) is 5.13 Å². The van der Waals surface area contributed by atoms with Crippen molar-refractivity contribution in [2.75, 3.05) is 5.32 Å². The average Bonchev–Trinajstić information content (AvgIpc) is 3.17. The van der Waals surface area contributed by atoms with Crippen LogP contribution in [0.25, 0.3) is 0 Å². The van der Waals surface area contributed by atoms with Crippen LogP contribution < -0.4 is 10.4 Å².